The van der Waals surface area contributed by atoms with Gasteiger partial charge in [0.2, 0.25) is 0 Å². The first-order valence-electron chi connectivity index (χ1n) is 5.70. The fourth-order valence-corrected chi connectivity index (χ4v) is 3.04. The van der Waals surface area contributed by atoms with Crippen molar-refractivity contribution in [2.75, 3.05) is 5.75 Å². The number of nitrogens with zero attached hydrogens (tertiary/aromatic N) is 1. The molecular formula is C13H14F3NS. The van der Waals surface area contributed by atoms with Crippen LogP contribution in [0.3, 0.4) is 0 Å². The normalized spacial score (nSPS) is 21.6. The maximum absolute atomic E-state index is 12.0. The highest BCUT2D eigenvalue weighted by molar-refractivity contribution is 8.00. The quantitative estimate of drug-likeness (QED) is 0.725. The molecule has 1 aliphatic rings. The van der Waals surface area contributed by atoms with Crippen LogP contribution in [-0.2, 0) is 0 Å². The Kier molecular flexibility index (Phi) is 5.62. The van der Waals surface area contributed by atoms with Gasteiger partial charge in [-0.3, -0.25) is 0 Å². The van der Waals surface area contributed by atoms with E-state index in [0.29, 0.717) is 6.42 Å². The van der Waals surface area contributed by atoms with Crippen LogP contribution in [0.2, 0.25) is 0 Å². The summed E-state index contributed by atoms with van der Waals surface area (Å²) in [6.07, 6.45) is 4.43. The minimum atomic E-state index is -4.14. The summed E-state index contributed by atoms with van der Waals surface area (Å²) in [5, 5.41) is 8.65. The molecule has 0 aliphatic heterocycles. The molecule has 2 atom stereocenters. The van der Waals surface area contributed by atoms with Crippen LogP contribution in [0.5, 0.6) is 0 Å². The maximum atomic E-state index is 12.0. The molecule has 0 saturated heterocycles. The second-order valence-electron chi connectivity index (χ2n) is 4.19. The topological polar surface area (TPSA) is 23.8 Å². The lowest BCUT2D eigenvalue weighted by molar-refractivity contribution is -0.129. The second-order valence-corrected chi connectivity index (χ2v) is 5.44. The Morgan fingerprint density at radius 3 is 2.72 bits per heavy atom. The molecule has 18 heavy (non-hydrogen) atoms. The van der Waals surface area contributed by atoms with Crippen molar-refractivity contribution in [3.8, 4) is 18.4 Å². The molecule has 0 radical (unpaired) electrons. The average Bonchev–Trinajstić information content (AvgIpc) is 2.34. The zero-order valence-electron chi connectivity index (χ0n) is 9.83. The lowest BCUT2D eigenvalue weighted by atomic mass is 9.88. The fraction of sp³-hybridized carbons (Fsp3) is 0.615. The third kappa shape index (κ3) is 5.06. The summed E-state index contributed by atoms with van der Waals surface area (Å²) in [5.74, 6) is 2.63. The number of hydrogen-bond acceptors (Lipinski definition) is 2. The summed E-state index contributed by atoms with van der Waals surface area (Å²) < 4.78 is 36.1. The third-order valence-corrected chi connectivity index (χ3v) is 4.16. The number of allylic oxidation sites excluding steroid dienone is 2. The summed E-state index contributed by atoms with van der Waals surface area (Å²) in [5.41, 5.74) is 0.934. The molecule has 0 saturated carbocycles. The minimum absolute atomic E-state index is 0.0516. The van der Waals surface area contributed by atoms with E-state index < -0.39 is 12.6 Å². The van der Waals surface area contributed by atoms with E-state index in [0.717, 1.165) is 30.2 Å². The summed E-state index contributed by atoms with van der Waals surface area (Å²) >= 11 is 1.10. The van der Waals surface area contributed by atoms with E-state index in [-0.39, 0.29) is 16.9 Å². The molecule has 0 aromatic rings. The lowest BCUT2D eigenvalue weighted by Crippen LogP contribution is -2.19. The van der Waals surface area contributed by atoms with Crippen molar-refractivity contribution in [2.24, 2.45) is 5.92 Å². The number of nitriles is 1. The van der Waals surface area contributed by atoms with Crippen molar-refractivity contribution < 1.29 is 13.2 Å². The maximum Gasteiger partial charge on any atom is 0.389 e. The highest BCUT2D eigenvalue weighted by Gasteiger charge is 2.29. The first-order chi connectivity index (χ1) is 8.46. The number of terminal acetylenes is 1. The SMILES string of the molecule is C#CC1=CCC(C(C#N)SCCC(F)(F)F)CC1. The van der Waals surface area contributed by atoms with Gasteiger partial charge in [0.1, 0.15) is 0 Å². The van der Waals surface area contributed by atoms with Gasteiger partial charge in [-0.2, -0.15) is 18.4 Å². The van der Waals surface area contributed by atoms with Crippen LogP contribution in [0.1, 0.15) is 25.7 Å². The number of thioether (sulfide) groups is 1. The number of rotatable bonds is 4. The van der Waals surface area contributed by atoms with Gasteiger partial charge in [-0.15, -0.1) is 18.2 Å². The molecule has 1 rings (SSSR count). The lowest BCUT2D eigenvalue weighted by Gasteiger charge is -2.24. The van der Waals surface area contributed by atoms with Crippen molar-refractivity contribution in [3.05, 3.63) is 11.6 Å². The molecule has 5 heteroatoms. The van der Waals surface area contributed by atoms with Gasteiger partial charge < -0.3 is 0 Å². The van der Waals surface area contributed by atoms with Crippen molar-refractivity contribution >= 4 is 11.8 Å². The Hall–Kier alpha value is -1.07. The molecule has 0 heterocycles. The van der Waals surface area contributed by atoms with Crippen LogP contribution in [-0.4, -0.2) is 17.2 Å². The van der Waals surface area contributed by atoms with Crippen LogP contribution in [0.25, 0.3) is 0 Å². The van der Waals surface area contributed by atoms with Gasteiger partial charge in [-0.1, -0.05) is 12.0 Å². The minimum Gasteiger partial charge on any atom is -0.197 e. The highest BCUT2D eigenvalue weighted by atomic mass is 32.2. The number of alkyl halides is 3. The number of hydrogen-bond donors (Lipinski definition) is 0. The van der Waals surface area contributed by atoms with E-state index in [1.165, 1.54) is 0 Å². The molecule has 0 fully saturated rings. The fourth-order valence-electron chi connectivity index (χ4n) is 1.84. The van der Waals surface area contributed by atoms with E-state index in [4.69, 9.17) is 11.7 Å². The molecule has 1 aliphatic carbocycles. The Bertz CT molecular complexity index is 387. The van der Waals surface area contributed by atoms with Gasteiger partial charge in [0.05, 0.1) is 17.7 Å². The molecule has 98 valence electrons. The van der Waals surface area contributed by atoms with E-state index in [9.17, 15) is 13.2 Å². The summed E-state index contributed by atoms with van der Waals surface area (Å²) in [4.78, 5) is 0. The Labute approximate surface area is 109 Å². The van der Waals surface area contributed by atoms with Crippen molar-refractivity contribution in [1.82, 2.24) is 0 Å². The van der Waals surface area contributed by atoms with Crippen LogP contribution >= 0.6 is 11.8 Å². The Morgan fingerprint density at radius 2 is 2.28 bits per heavy atom. The third-order valence-electron chi connectivity index (χ3n) is 2.88. The zero-order valence-corrected chi connectivity index (χ0v) is 10.7. The molecular weight excluding hydrogens is 259 g/mol. The van der Waals surface area contributed by atoms with Crippen molar-refractivity contribution in [2.45, 2.75) is 37.1 Å². The van der Waals surface area contributed by atoms with Gasteiger partial charge in [0.15, 0.2) is 0 Å². The number of halogens is 3. The van der Waals surface area contributed by atoms with Crippen LogP contribution in [0.15, 0.2) is 11.6 Å². The molecule has 2 unspecified atom stereocenters. The highest BCUT2D eigenvalue weighted by Crippen LogP contribution is 2.33. The van der Waals surface area contributed by atoms with Crippen LogP contribution in [0.4, 0.5) is 13.2 Å². The van der Waals surface area contributed by atoms with E-state index in [1.54, 1.807) is 0 Å². The van der Waals surface area contributed by atoms with Gasteiger partial charge >= 0.3 is 6.18 Å². The second kappa shape index (κ2) is 6.75. The standard InChI is InChI=1S/C13H14F3NS/c1-2-10-3-5-11(6-4-10)12(9-17)18-8-7-13(14,15)16/h1,3,11-12H,4-8H2. The molecule has 0 amide bonds. The van der Waals surface area contributed by atoms with E-state index >= 15 is 0 Å². The predicted molar refractivity (Wildman–Crippen MR) is 66.8 cm³/mol. The molecule has 0 spiro atoms. The average molecular weight is 273 g/mol. The molecule has 0 N–H and O–H groups in total. The zero-order chi connectivity index (χ0) is 13.6. The van der Waals surface area contributed by atoms with Crippen LogP contribution < -0.4 is 0 Å². The molecule has 0 aromatic carbocycles. The Morgan fingerprint density at radius 1 is 1.56 bits per heavy atom. The van der Waals surface area contributed by atoms with E-state index in [1.807, 2.05) is 6.08 Å². The van der Waals surface area contributed by atoms with Gasteiger partial charge in [-0.25, -0.2) is 0 Å². The van der Waals surface area contributed by atoms with E-state index in [2.05, 4.69) is 12.0 Å². The van der Waals surface area contributed by atoms with Gasteiger partial charge in [0, 0.05) is 5.75 Å². The Balaban J connectivity index is 2.42. The first kappa shape index (κ1) is 15.0. The monoisotopic (exact) mass is 273 g/mol. The molecule has 0 bridgehead atoms. The smallest absolute Gasteiger partial charge is 0.197 e. The summed E-state index contributed by atoms with van der Waals surface area (Å²) in [7, 11) is 0. The van der Waals surface area contributed by atoms with Gasteiger partial charge in [0.25, 0.3) is 0 Å². The molecule has 1 nitrogen and oxygen atoms in total. The first-order valence-corrected chi connectivity index (χ1v) is 6.74. The summed E-state index contributed by atoms with van der Waals surface area (Å²) in [6, 6.07) is 2.11. The largest absolute Gasteiger partial charge is 0.389 e. The van der Waals surface area contributed by atoms with Crippen LogP contribution in [0, 0.1) is 29.6 Å². The molecule has 0 aromatic heterocycles. The van der Waals surface area contributed by atoms with Crippen molar-refractivity contribution in [3.63, 3.8) is 0 Å². The van der Waals surface area contributed by atoms with Gasteiger partial charge in [-0.05, 0) is 30.8 Å². The predicted octanol–water partition coefficient (Wildman–Crippen LogP) is 3.92. The summed E-state index contributed by atoms with van der Waals surface area (Å²) in [6.45, 7) is 0. The van der Waals surface area contributed by atoms with Crippen molar-refractivity contribution in [1.29, 1.82) is 5.26 Å².